The quantitative estimate of drug-likeness (QED) is 0.134. The molecule has 0 saturated heterocycles. The highest BCUT2D eigenvalue weighted by Crippen LogP contribution is 2.08. The molecule has 1 aromatic rings. The van der Waals surface area contributed by atoms with Crippen LogP contribution in [-0.4, -0.2) is 85.2 Å². The zero-order valence-electron chi connectivity index (χ0n) is 19.9. The van der Waals surface area contributed by atoms with Gasteiger partial charge in [-0.15, -0.1) is 0 Å². The number of amides is 3. The SMILES string of the molecule is CC(C)CC(NC(=O)C(N)C(C)O)C(=O)NC(CCC(=O)O)C(=O)NC(Cc1cnc[nH]1)C(=O)O. The molecule has 0 aliphatic heterocycles. The highest BCUT2D eigenvalue weighted by Gasteiger charge is 2.31. The predicted molar refractivity (Wildman–Crippen MR) is 122 cm³/mol. The average Bonchev–Trinajstić information content (AvgIpc) is 3.27. The number of imidazole rings is 1. The summed E-state index contributed by atoms with van der Waals surface area (Å²) in [5, 5.41) is 35.2. The molecule has 3 amide bonds. The molecule has 14 heteroatoms. The maximum Gasteiger partial charge on any atom is 0.326 e. The van der Waals surface area contributed by atoms with E-state index in [4.69, 9.17) is 10.8 Å². The van der Waals surface area contributed by atoms with Crippen LogP contribution in [0, 0.1) is 5.92 Å². The Hall–Kier alpha value is -3.52. The van der Waals surface area contributed by atoms with Crippen molar-refractivity contribution in [3.63, 3.8) is 0 Å². The third kappa shape index (κ3) is 10.5. The van der Waals surface area contributed by atoms with E-state index >= 15 is 0 Å². The van der Waals surface area contributed by atoms with Gasteiger partial charge >= 0.3 is 11.9 Å². The molecular formula is C21H34N6O8. The molecule has 0 aromatic carbocycles. The first-order chi connectivity index (χ1) is 16.3. The first kappa shape index (κ1) is 29.5. The Kier molecular flexibility index (Phi) is 11.8. The molecule has 0 radical (unpaired) electrons. The zero-order chi connectivity index (χ0) is 26.7. The number of aromatic amines is 1. The third-order valence-corrected chi connectivity index (χ3v) is 5.04. The molecule has 1 rings (SSSR count). The molecular weight excluding hydrogens is 464 g/mol. The van der Waals surface area contributed by atoms with Crippen molar-refractivity contribution in [3.05, 3.63) is 18.2 Å². The van der Waals surface area contributed by atoms with Crippen LogP contribution in [0.1, 0.15) is 45.7 Å². The summed E-state index contributed by atoms with van der Waals surface area (Å²) < 4.78 is 0. The van der Waals surface area contributed by atoms with Crippen molar-refractivity contribution in [2.24, 2.45) is 11.7 Å². The first-order valence-electron chi connectivity index (χ1n) is 11.1. The fraction of sp³-hybridized carbons (Fsp3) is 0.619. The molecule has 0 bridgehead atoms. The summed E-state index contributed by atoms with van der Waals surface area (Å²) in [7, 11) is 0. The lowest BCUT2D eigenvalue weighted by Crippen LogP contribution is -2.58. The minimum atomic E-state index is -1.39. The van der Waals surface area contributed by atoms with Crippen LogP contribution in [0.2, 0.25) is 0 Å². The van der Waals surface area contributed by atoms with E-state index < -0.39 is 66.4 Å². The van der Waals surface area contributed by atoms with E-state index in [0.717, 1.165) is 0 Å². The van der Waals surface area contributed by atoms with Crippen molar-refractivity contribution in [1.82, 2.24) is 25.9 Å². The summed E-state index contributed by atoms with van der Waals surface area (Å²) in [5.74, 6) is -5.09. The van der Waals surface area contributed by atoms with Crippen LogP contribution in [0.4, 0.5) is 0 Å². The number of nitrogens with two attached hydrogens (primary N) is 1. The van der Waals surface area contributed by atoms with Gasteiger partial charge in [0.05, 0.1) is 12.4 Å². The van der Waals surface area contributed by atoms with Gasteiger partial charge in [-0.25, -0.2) is 9.78 Å². The summed E-state index contributed by atoms with van der Waals surface area (Å²) >= 11 is 0. The Bertz CT molecular complexity index is 873. The molecule has 14 nitrogen and oxygen atoms in total. The minimum absolute atomic E-state index is 0.0640. The lowest BCUT2D eigenvalue weighted by atomic mass is 10.0. The monoisotopic (exact) mass is 498 g/mol. The van der Waals surface area contributed by atoms with Crippen LogP contribution in [0.15, 0.2) is 12.5 Å². The minimum Gasteiger partial charge on any atom is -0.481 e. The summed E-state index contributed by atoms with van der Waals surface area (Å²) in [6.07, 6.45) is 0.805. The number of aliphatic hydroxyl groups excluding tert-OH is 1. The van der Waals surface area contributed by atoms with Gasteiger partial charge in [0.2, 0.25) is 17.7 Å². The van der Waals surface area contributed by atoms with E-state index in [2.05, 4.69) is 25.9 Å². The molecule has 1 aromatic heterocycles. The normalized spacial score (nSPS) is 15.4. The van der Waals surface area contributed by atoms with Crippen LogP contribution in [-0.2, 0) is 30.4 Å². The van der Waals surface area contributed by atoms with E-state index in [1.54, 1.807) is 13.8 Å². The van der Waals surface area contributed by atoms with Crippen LogP contribution < -0.4 is 21.7 Å². The summed E-state index contributed by atoms with van der Waals surface area (Å²) in [6.45, 7) is 4.90. The summed E-state index contributed by atoms with van der Waals surface area (Å²) in [6, 6.07) is -5.18. The van der Waals surface area contributed by atoms with Gasteiger partial charge in [0.1, 0.15) is 24.2 Å². The molecule has 0 spiro atoms. The standard InChI is InChI=1S/C21H34N6O8/c1-10(2)6-14(26-20(33)17(22)11(3)28)19(32)25-13(4-5-16(29)30)18(31)27-15(21(34)35)7-12-8-23-9-24-12/h8-11,13-15,17,28H,4-7,22H2,1-3H3,(H,23,24)(H,25,32)(H,26,33)(H,27,31)(H,29,30)(H,34,35). The largest absolute Gasteiger partial charge is 0.481 e. The molecule has 5 unspecified atom stereocenters. The Morgan fingerprint density at radius 3 is 2.03 bits per heavy atom. The maximum absolute atomic E-state index is 13.0. The second kappa shape index (κ2) is 14.0. The van der Waals surface area contributed by atoms with Gasteiger partial charge in [-0.2, -0.15) is 0 Å². The molecule has 5 atom stereocenters. The number of carbonyl (C=O) groups is 5. The fourth-order valence-electron chi connectivity index (χ4n) is 3.09. The summed E-state index contributed by atoms with van der Waals surface area (Å²) in [5.41, 5.74) is 6.07. The van der Waals surface area contributed by atoms with Gasteiger partial charge in [0.15, 0.2) is 0 Å². The number of carbonyl (C=O) groups excluding carboxylic acids is 3. The van der Waals surface area contributed by atoms with Crippen molar-refractivity contribution in [1.29, 1.82) is 0 Å². The number of rotatable bonds is 15. The number of aromatic nitrogens is 2. The van der Waals surface area contributed by atoms with Gasteiger partial charge in [0, 0.05) is 24.7 Å². The van der Waals surface area contributed by atoms with Crippen molar-refractivity contribution in [3.8, 4) is 0 Å². The van der Waals surface area contributed by atoms with E-state index in [-0.39, 0.29) is 25.2 Å². The number of hydrogen-bond donors (Lipinski definition) is 8. The number of aliphatic hydroxyl groups is 1. The lowest BCUT2D eigenvalue weighted by Gasteiger charge is -2.26. The number of nitrogens with one attached hydrogen (secondary N) is 4. The van der Waals surface area contributed by atoms with E-state index in [1.165, 1.54) is 19.4 Å². The molecule has 1 heterocycles. The lowest BCUT2D eigenvalue weighted by molar-refractivity contribution is -0.143. The van der Waals surface area contributed by atoms with E-state index in [0.29, 0.717) is 5.69 Å². The zero-order valence-corrected chi connectivity index (χ0v) is 19.9. The molecule has 196 valence electrons. The Balaban J connectivity index is 3.02. The van der Waals surface area contributed by atoms with Crippen molar-refractivity contribution >= 4 is 29.7 Å². The molecule has 0 aliphatic carbocycles. The van der Waals surface area contributed by atoms with Crippen molar-refractivity contribution in [2.45, 2.75) is 76.7 Å². The molecule has 0 saturated carbocycles. The molecule has 35 heavy (non-hydrogen) atoms. The Morgan fingerprint density at radius 2 is 1.54 bits per heavy atom. The van der Waals surface area contributed by atoms with Gasteiger partial charge in [-0.05, 0) is 25.7 Å². The maximum atomic E-state index is 13.0. The van der Waals surface area contributed by atoms with E-state index in [1.807, 2.05) is 0 Å². The fourth-order valence-corrected chi connectivity index (χ4v) is 3.09. The Morgan fingerprint density at radius 1 is 0.971 bits per heavy atom. The van der Waals surface area contributed by atoms with Gasteiger partial charge < -0.3 is 42.0 Å². The van der Waals surface area contributed by atoms with Crippen molar-refractivity contribution < 1.29 is 39.3 Å². The van der Waals surface area contributed by atoms with Gasteiger partial charge in [-0.1, -0.05) is 13.8 Å². The number of hydrogen-bond acceptors (Lipinski definition) is 8. The predicted octanol–water partition coefficient (Wildman–Crippen LogP) is -1.89. The number of nitrogens with zero attached hydrogens (tertiary/aromatic N) is 1. The third-order valence-electron chi connectivity index (χ3n) is 5.04. The average molecular weight is 499 g/mol. The Labute approximate surface area is 202 Å². The topological polar surface area (TPSA) is 237 Å². The van der Waals surface area contributed by atoms with Gasteiger partial charge in [-0.3, -0.25) is 19.2 Å². The highest BCUT2D eigenvalue weighted by molar-refractivity contribution is 5.94. The second-order valence-corrected chi connectivity index (χ2v) is 8.63. The van der Waals surface area contributed by atoms with Crippen LogP contribution in [0.3, 0.4) is 0 Å². The number of H-pyrrole nitrogens is 1. The van der Waals surface area contributed by atoms with Crippen LogP contribution >= 0.6 is 0 Å². The smallest absolute Gasteiger partial charge is 0.326 e. The number of carboxylic acids is 2. The van der Waals surface area contributed by atoms with Crippen LogP contribution in [0.5, 0.6) is 0 Å². The highest BCUT2D eigenvalue weighted by atomic mass is 16.4. The van der Waals surface area contributed by atoms with Gasteiger partial charge in [0.25, 0.3) is 0 Å². The molecule has 9 N–H and O–H groups in total. The first-order valence-corrected chi connectivity index (χ1v) is 11.1. The molecule has 0 aliphatic rings. The van der Waals surface area contributed by atoms with Crippen LogP contribution in [0.25, 0.3) is 0 Å². The van der Waals surface area contributed by atoms with E-state index in [9.17, 15) is 34.2 Å². The summed E-state index contributed by atoms with van der Waals surface area (Å²) in [4.78, 5) is 67.3. The number of aliphatic carboxylic acids is 2. The second-order valence-electron chi connectivity index (χ2n) is 8.63. The van der Waals surface area contributed by atoms with Crippen molar-refractivity contribution in [2.75, 3.05) is 0 Å². The molecule has 0 fully saturated rings. The number of carboxylic acid groups (broad SMARTS) is 2.